The minimum absolute atomic E-state index is 0.0418. The van der Waals surface area contributed by atoms with Crippen LogP contribution in [0.1, 0.15) is 24.8 Å². The van der Waals surface area contributed by atoms with Crippen molar-refractivity contribution in [1.29, 1.82) is 0 Å². The van der Waals surface area contributed by atoms with Crippen LogP contribution in [0.15, 0.2) is 53.6 Å². The van der Waals surface area contributed by atoms with Gasteiger partial charge in [-0.1, -0.05) is 17.7 Å². The van der Waals surface area contributed by atoms with Gasteiger partial charge >= 0.3 is 0 Å². The largest absolute Gasteiger partial charge is 0.381 e. The van der Waals surface area contributed by atoms with Gasteiger partial charge in [-0.25, -0.2) is 14.4 Å². The van der Waals surface area contributed by atoms with Crippen molar-refractivity contribution in [2.45, 2.75) is 36.9 Å². The number of pyridine rings is 1. The van der Waals surface area contributed by atoms with Crippen LogP contribution in [-0.4, -0.2) is 47.0 Å². The summed E-state index contributed by atoms with van der Waals surface area (Å²) in [6, 6.07) is 10.0. The number of methoxy groups -OCH3 is 1. The van der Waals surface area contributed by atoms with Gasteiger partial charge in [0.05, 0.1) is 16.8 Å². The Morgan fingerprint density at radius 1 is 1.24 bits per heavy atom. The van der Waals surface area contributed by atoms with E-state index in [1.807, 2.05) is 6.07 Å². The highest BCUT2D eigenvalue weighted by Gasteiger charge is 2.58. The SMILES string of the molecule is COC1CC1(c1ccc(Cl)c(F)c1)n1ccc(-c2ccnc(NC3CCOCC3)n2)cc1=O. The number of benzene rings is 1. The van der Waals surface area contributed by atoms with Gasteiger partial charge in [0.25, 0.3) is 5.56 Å². The Morgan fingerprint density at radius 3 is 2.76 bits per heavy atom. The van der Waals surface area contributed by atoms with Crippen LogP contribution in [0.25, 0.3) is 11.3 Å². The Balaban J connectivity index is 1.45. The Bertz CT molecular complexity index is 1230. The number of nitrogens with one attached hydrogen (secondary N) is 1. The third-order valence-electron chi connectivity index (χ3n) is 6.43. The Morgan fingerprint density at radius 2 is 2.06 bits per heavy atom. The van der Waals surface area contributed by atoms with Crippen LogP contribution in [0.5, 0.6) is 0 Å². The van der Waals surface area contributed by atoms with E-state index < -0.39 is 11.4 Å². The van der Waals surface area contributed by atoms with Gasteiger partial charge in [-0.2, -0.15) is 0 Å². The minimum Gasteiger partial charge on any atom is -0.381 e. The van der Waals surface area contributed by atoms with Crippen molar-refractivity contribution in [3.8, 4) is 11.3 Å². The molecule has 1 saturated carbocycles. The van der Waals surface area contributed by atoms with Crippen LogP contribution in [-0.2, 0) is 15.0 Å². The average molecular weight is 471 g/mol. The second kappa shape index (κ2) is 8.85. The highest BCUT2D eigenvalue weighted by molar-refractivity contribution is 6.30. The zero-order valence-corrected chi connectivity index (χ0v) is 18.9. The average Bonchev–Trinajstić information content (AvgIpc) is 3.57. The van der Waals surface area contributed by atoms with E-state index in [-0.39, 0.29) is 22.7 Å². The van der Waals surface area contributed by atoms with Crippen molar-refractivity contribution in [3.63, 3.8) is 0 Å². The summed E-state index contributed by atoms with van der Waals surface area (Å²) in [7, 11) is 1.59. The number of hydrogen-bond acceptors (Lipinski definition) is 6. The minimum atomic E-state index is -0.767. The molecule has 0 spiro atoms. The fourth-order valence-electron chi connectivity index (χ4n) is 4.55. The molecule has 0 amide bonds. The summed E-state index contributed by atoms with van der Waals surface area (Å²) < 4.78 is 26.7. The van der Waals surface area contributed by atoms with Gasteiger partial charge in [0.1, 0.15) is 11.4 Å². The molecule has 1 aliphatic carbocycles. The molecule has 9 heteroatoms. The van der Waals surface area contributed by atoms with Gasteiger partial charge in [-0.3, -0.25) is 4.79 Å². The van der Waals surface area contributed by atoms with Crippen molar-refractivity contribution < 1.29 is 13.9 Å². The first-order valence-corrected chi connectivity index (χ1v) is 11.3. The van der Waals surface area contributed by atoms with Crippen LogP contribution in [0.3, 0.4) is 0 Å². The fraction of sp³-hybridized carbons (Fsp3) is 0.375. The van der Waals surface area contributed by atoms with Gasteiger partial charge in [-0.15, -0.1) is 0 Å². The molecule has 1 aliphatic heterocycles. The summed E-state index contributed by atoms with van der Waals surface area (Å²) in [6.07, 6.45) is 5.52. The summed E-state index contributed by atoms with van der Waals surface area (Å²) in [5.41, 5.74) is 0.989. The molecule has 1 N–H and O–H groups in total. The fourth-order valence-corrected chi connectivity index (χ4v) is 4.66. The molecule has 0 radical (unpaired) electrons. The van der Waals surface area contributed by atoms with Crippen molar-refractivity contribution >= 4 is 17.5 Å². The number of halogens is 2. The second-order valence-electron chi connectivity index (χ2n) is 8.40. The summed E-state index contributed by atoms with van der Waals surface area (Å²) in [5.74, 6) is 0.00355. The first-order valence-electron chi connectivity index (χ1n) is 10.9. The predicted molar refractivity (Wildman–Crippen MR) is 123 cm³/mol. The summed E-state index contributed by atoms with van der Waals surface area (Å²) in [5, 5.41) is 3.39. The van der Waals surface area contributed by atoms with E-state index in [4.69, 9.17) is 21.1 Å². The molecule has 7 nitrogen and oxygen atoms in total. The lowest BCUT2D eigenvalue weighted by atomic mass is 10.0. The maximum absolute atomic E-state index is 14.2. The third kappa shape index (κ3) is 4.14. The van der Waals surface area contributed by atoms with E-state index in [0.717, 1.165) is 26.1 Å². The molecule has 172 valence electrons. The molecule has 2 aromatic heterocycles. The van der Waals surface area contributed by atoms with E-state index in [0.29, 0.717) is 29.2 Å². The molecular weight excluding hydrogens is 447 g/mol. The van der Waals surface area contributed by atoms with E-state index in [2.05, 4.69) is 15.3 Å². The van der Waals surface area contributed by atoms with Crippen LogP contribution in [0.2, 0.25) is 5.02 Å². The van der Waals surface area contributed by atoms with Crippen molar-refractivity contribution in [3.05, 3.63) is 75.5 Å². The first kappa shape index (κ1) is 22.0. The normalized spacial score (nSPS) is 22.8. The number of hydrogen-bond donors (Lipinski definition) is 1. The number of nitrogens with zero attached hydrogens (tertiary/aromatic N) is 3. The lowest BCUT2D eigenvalue weighted by Crippen LogP contribution is -2.34. The highest BCUT2D eigenvalue weighted by atomic mass is 35.5. The monoisotopic (exact) mass is 470 g/mol. The van der Waals surface area contributed by atoms with Gasteiger partial charge in [0, 0.05) is 56.8 Å². The van der Waals surface area contributed by atoms with Crippen LogP contribution in [0, 0.1) is 5.82 Å². The highest BCUT2D eigenvalue weighted by Crippen LogP contribution is 2.51. The number of ether oxygens (including phenoxy) is 2. The summed E-state index contributed by atoms with van der Waals surface area (Å²) in [4.78, 5) is 22.1. The summed E-state index contributed by atoms with van der Waals surface area (Å²) >= 11 is 5.86. The van der Waals surface area contributed by atoms with Crippen LogP contribution < -0.4 is 10.9 Å². The number of rotatable bonds is 6. The van der Waals surface area contributed by atoms with Crippen molar-refractivity contribution in [2.75, 3.05) is 25.6 Å². The van der Waals surface area contributed by atoms with Gasteiger partial charge in [0.15, 0.2) is 0 Å². The molecule has 2 unspecified atom stereocenters. The molecule has 0 bridgehead atoms. The standard InChI is InChI=1S/C24H24ClFN4O3/c1-32-21-14-24(21,16-2-3-18(25)19(26)13-16)30-9-5-15(12-22(30)31)20-4-8-27-23(29-20)28-17-6-10-33-11-7-17/h2-5,8-9,12-13,17,21H,6-7,10-11,14H2,1H3,(H,27,28,29). The van der Waals surface area contributed by atoms with E-state index in [1.54, 1.807) is 42.3 Å². The second-order valence-corrected chi connectivity index (χ2v) is 8.81. The molecule has 2 fully saturated rings. The molecule has 2 aliphatic rings. The summed E-state index contributed by atoms with van der Waals surface area (Å²) in [6.45, 7) is 1.44. The zero-order chi connectivity index (χ0) is 23.0. The van der Waals surface area contributed by atoms with Crippen molar-refractivity contribution in [2.24, 2.45) is 0 Å². The quantitative estimate of drug-likeness (QED) is 0.589. The Hall–Kier alpha value is -2.81. The molecule has 3 heterocycles. The Labute approximate surface area is 195 Å². The molecular formula is C24H24ClFN4O3. The molecule has 2 atom stereocenters. The van der Waals surface area contributed by atoms with Crippen LogP contribution in [0.4, 0.5) is 10.3 Å². The number of aromatic nitrogens is 3. The third-order valence-corrected chi connectivity index (χ3v) is 6.73. The van der Waals surface area contributed by atoms with Crippen molar-refractivity contribution in [1.82, 2.24) is 14.5 Å². The van der Waals surface area contributed by atoms with E-state index in [1.165, 1.54) is 12.1 Å². The smallest absolute Gasteiger partial charge is 0.252 e. The molecule has 5 rings (SSSR count). The lowest BCUT2D eigenvalue weighted by Gasteiger charge is -2.23. The predicted octanol–water partition coefficient (Wildman–Crippen LogP) is 3.85. The maximum Gasteiger partial charge on any atom is 0.252 e. The van der Waals surface area contributed by atoms with E-state index in [9.17, 15) is 9.18 Å². The van der Waals surface area contributed by atoms with Gasteiger partial charge < -0.3 is 19.4 Å². The van der Waals surface area contributed by atoms with Crippen LogP contribution >= 0.6 is 11.6 Å². The molecule has 3 aromatic rings. The molecule has 33 heavy (non-hydrogen) atoms. The maximum atomic E-state index is 14.2. The van der Waals surface area contributed by atoms with Gasteiger partial charge in [-0.05, 0) is 42.7 Å². The molecule has 1 aromatic carbocycles. The number of anilines is 1. The topological polar surface area (TPSA) is 78.3 Å². The lowest BCUT2D eigenvalue weighted by molar-refractivity contribution is 0.0903. The van der Waals surface area contributed by atoms with Gasteiger partial charge in [0.2, 0.25) is 5.95 Å². The first-order chi connectivity index (χ1) is 16.0. The Kier molecular flexibility index (Phi) is 5.90. The molecule has 1 saturated heterocycles. The van der Waals surface area contributed by atoms with E-state index >= 15 is 0 Å². The zero-order valence-electron chi connectivity index (χ0n) is 18.1.